The first-order valence-electron chi connectivity index (χ1n) is 8.18. The van der Waals surface area contributed by atoms with Crippen molar-refractivity contribution in [3.05, 3.63) is 83.0 Å². The molecule has 6 heteroatoms. The number of halogens is 2. The largest absolute Gasteiger partial charge is 0.352 e. The first-order chi connectivity index (χ1) is 12.6. The number of rotatable bonds is 6. The van der Waals surface area contributed by atoms with Crippen LogP contribution in [0.25, 0.3) is 11.3 Å². The Labute approximate surface area is 156 Å². The second-order valence-electron chi connectivity index (χ2n) is 5.82. The Morgan fingerprint density at radius 3 is 2.77 bits per heavy atom. The van der Waals surface area contributed by atoms with E-state index < -0.39 is 5.82 Å². The first kappa shape index (κ1) is 18.0. The van der Waals surface area contributed by atoms with Gasteiger partial charge in [0.2, 0.25) is 5.91 Å². The second-order valence-corrected chi connectivity index (χ2v) is 6.22. The molecule has 26 heavy (non-hydrogen) atoms. The van der Waals surface area contributed by atoms with E-state index >= 15 is 0 Å². The zero-order valence-electron chi connectivity index (χ0n) is 14.0. The van der Waals surface area contributed by atoms with Crippen LogP contribution in [0.1, 0.15) is 17.5 Å². The predicted octanol–water partition coefficient (Wildman–Crippen LogP) is 4.19. The number of aryl methyl sites for hydroxylation is 1. The van der Waals surface area contributed by atoms with E-state index in [1.54, 1.807) is 30.7 Å². The zero-order chi connectivity index (χ0) is 18.4. The summed E-state index contributed by atoms with van der Waals surface area (Å²) in [5, 5.41) is 2.96. The van der Waals surface area contributed by atoms with Crippen molar-refractivity contribution in [2.75, 3.05) is 0 Å². The minimum absolute atomic E-state index is 0.0719. The van der Waals surface area contributed by atoms with Crippen LogP contribution in [0, 0.1) is 5.82 Å². The van der Waals surface area contributed by atoms with Gasteiger partial charge in [0, 0.05) is 37.1 Å². The smallest absolute Gasteiger partial charge is 0.220 e. The Hall–Kier alpha value is -2.79. The normalized spacial score (nSPS) is 10.5. The summed E-state index contributed by atoms with van der Waals surface area (Å²) in [5.41, 5.74) is 3.52. The third-order valence-corrected chi connectivity index (χ3v) is 4.19. The van der Waals surface area contributed by atoms with E-state index in [9.17, 15) is 9.18 Å². The molecule has 3 aromatic rings. The van der Waals surface area contributed by atoms with Gasteiger partial charge in [0.1, 0.15) is 5.82 Å². The quantitative estimate of drug-likeness (QED) is 0.709. The summed E-state index contributed by atoms with van der Waals surface area (Å²) >= 11 is 5.75. The van der Waals surface area contributed by atoms with Gasteiger partial charge >= 0.3 is 0 Å². The van der Waals surface area contributed by atoms with Crippen LogP contribution in [-0.2, 0) is 17.8 Å². The summed E-state index contributed by atoms with van der Waals surface area (Å²) in [5.74, 6) is -0.535. The molecule has 0 spiro atoms. The summed E-state index contributed by atoms with van der Waals surface area (Å²) in [4.78, 5) is 20.5. The van der Waals surface area contributed by atoms with Crippen LogP contribution in [0.2, 0.25) is 5.02 Å². The Morgan fingerprint density at radius 2 is 2.00 bits per heavy atom. The number of nitrogens with one attached hydrogen (secondary N) is 1. The van der Waals surface area contributed by atoms with Gasteiger partial charge < -0.3 is 5.32 Å². The molecule has 1 amide bonds. The van der Waals surface area contributed by atoms with E-state index in [4.69, 9.17) is 11.6 Å². The second kappa shape index (κ2) is 8.54. The maximum Gasteiger partial charge on any atom is 0.220 e. The van der Waals surface area contributed by atoms with Crippen molar-refractivity contribution in [3.63, 3.8) is 0 Å². The van der Waals surface area contributed by atoms with Crippen molar-refractivity contribution >= 4 is 17.5 Å². The summed E-state index contributed by atoms with van der Waals surface area (Å²) in [6.45, 7) is 0.415. The number of amides is 1. The third kappa shape index (κ3) is 4.86. The molecule has 1 N–H and O–H groups in total. The highest BCUT2D eigenvalue weighted by Gasteiger charge is 2.06. The van der Waals surface area contributed by atoms with Crippen molar-refractivity contribution in [1.82, 2.24) is 15.3 Å². The molecule has 132 valence electrons. The molecule has 0 aliphatic rings. The zero-order valence-corrected chi connectivity index (χ0v) is 14.7. The molecule has 0 saturated carbocycles. The van der Waals surface area contributed by atoms with Crippen molar-refractivity contribution in [2.24, 2.45) is 0 Å². The molecule has 2 aromatic heterocycles. The molecule has 2 heterocycles. The van der Waals surface area contributed by atoms with Gasteiger partial charge in [-0.15, -0.1) is 0 Å². The number of carbonyl (C=O) groups excluding carboxylic acids is 1. The fraction of sp³-hybridized carbons (Fsp3) is 0.150. The monoisotopic (exact) mass is 369 g/mol. The van der Waals surface area contributed by atoms with Crippen molar-refractivity contribution in [2.45, 2.75) is 19.4 Å². The minimum Gasteiger partial charge on any atom is -0.352 e. The lowest BCUT2D eigenvalue weighted by Crippen LogP contribution is -2.23. The predicted molar refractivity (Wildman–Crippen MR) is 99.0 cm³/mol. The molecular weight excluding hydrogens is 353 g/mol. The number of aromatic nitrogens is 2. The molecule has 0 fully saturated rings. The lowest BCUT2D eigenvalue weighted by molar-refractivity contribution is -0.121. The fourth-order valence-electron chi connectivity index (χ4n) is 2.50. The topological polar surface area (TPSA) is 54.9 Å². The summed E-state index contributed by atoms with van der Waals surface area (Å²) in [6.07, 6.45) is 5.98. The van der Waals surface area contributed by atoms with Crippen LogP contribution >= 0.6 is 11.6 Å². The van der Waals surface area contributed by atoms with E-state index in [-0.39, 0.29) is 10.9 Å². The standard InChI is InChI=1S/C20H17ClFN3O/c21-17-10-14(3-5-18(17)22)4-6-20(26)25-12-15-7-9-24-19(11-15)16-2-1-8-23-13-16/h1-3,5,7-11,13H,4,6,12H2,(H,25,26). The van der Waals surface area contributed by atoms with Crippen molar-refractivity contribution < 1.29 is 9.18 Å². The Bertz CT molecular complexity index is 903. The van der Waals surface area contributed by atoms with Crippen LogP contribution in [-0.4, -0.2) is 15.9 Å². The maximum absolute atomic E-state index is 13.1. The van der Waals surface area contributed by atoms with Gasteiger partial charge in [-0.3, -0.25) is 14.8 Å². The molecular formula is C20H17ClFN3O. The van der Waals surface area contributed by atoms with Gasteiger partial charge in [0.25, 0.3) is 0 Å². The Balaban J connectivity index is 1.54. The van der Waals surface area contributed by atoms with Gasteiger partial charge in [0.15, 0.2) is 0 Å². The number of benzene rings is 1. The number of carbonyl (C=O) groups is 1. The number of hydrogen-bond donors (Lipinski definition) is 1. The fourth-order valence-corrected chi connectivity index (χ4v) is 2.70. The lowest BCUT2D eigenvalue weighted by atomic mass is 10.1. The molecule has 0 bridgehead atoms. The van der Waals surface area contributed by atoms with Gasteiger partial charge in [-0.05, 0) is 53.9 Å². The Kier molecular flexibility index (Phi) is 5.92. The van der Waals surface area contributed by atoms with Crippen LogP contribution in [0.4, 0.5) is 4.39 Å². The highest BCUT2D eigenvalue weighted by atomic mass is 35.5. The molecule has 0 saturated heterocycles. The molecule has 3 rings (SSSR count). The van der Waals surface area contributed by atoms with E-state index in [0.29, 0.717) is 19.4 Å². The van der Waals surface area contributed by atoms with Crippen molar-refractivity contribution in [1.29, 1.82) is 0 Å². The van der Waals surface area contributed by atoms with Crippen molar-refractivity contribution in [3.8, 4) is 11.3 Å². The molecule has 0 unspecified atom stereocenters. The van der Waals surface area contributed by atoms with Gasteiger partial charge in [-0.1, -0.05) is 17.7 Å². The number of hydrogen-bond acceptors (Lipinski definition) is 3. The molecule has 4 nitrogen and oxygen atoms in total. The van der Waals surface area contributed by atoms with Crippen LogP contribution in [0.15, 0.2) is 61.1 Å². The van der Waals surface area contributed by atoms with Crippen LogP contribution in [0.5, 0.6) is 0 Å². The van der Waals surface area contributed by atoms with E-state index in [0.717, 1.165) is 22.4 Å². The van der Waals surface area contributed by atoms with E-state index in [1.165, 1.54) is 6.07 Å². The SMILES string of the molecule is O=C(CCc1ccc(F)c(Cl)c1)NCc1ccnc(-c2cccnc2)c1. The average Bonchev–Trinajstić information content (AvgIpc) is 2.68. The van der Waals surface area contributed by atoms with Crippen LogP contribution in [0.3, 0.4) is 0 Å². The molecule has 0 aliphatic heterocycles. The Morgan fingerprint density at radius 1 is 1.12 bits per heavy atom. The minimum atomic E-state index is -0.457. The molecule has 0 radical (unpaired) electrons. The highest BCUT2D eigenvalue weighted by molar-refractivity contribution is 6.30. The van der Waals surface area contributed by atoms with Gasteiger partial charge in [-0.25, -0.2) is 4.39 Å². The number of pyridine rings is 2. The molecule has 0 atom stereocenters. The average molecular weight is 370 g/mol. The maximum atomic E-state index is 13.1. The van der Waals surface area contributed by atoms with Gasteiger partial charge in [0.05, 0.1) is 10.7 Å². The summed E-state index contributed by atoms with van der Waals surface area (Å²) < 4.78 is 13.1. The molecule has 0 aliphatic carbocycles. The summed E-state index contributed by atoms with van der Waals surface area (Å²) in [7, 11) is 0. The van der Waals surface area contributed by atoms with E-state index in [1.807, 2.05) is 24.3 Å². The van der Waals surface area contributed by atoms with E-state index in [2.05, 4.69) is 15.3 Å². The van der Waals surface area contributed by atoms with Gasteiger partial charge in [-0.2, -0.15) is 0 Å². The third-order valence-electron chi connectivity index (χ3n) is 3.90. The molecule has 1 aromatic carbocycles. The lowest BCUT2D eigenvalue weighted by Gasteiger charge is -2.07. The first-order valence-corrected chi connectivity index (χ1v) is 8.55. The number of nitrogens with zero attached hydrogens (tertiary/aromatic N) is 2. The highest BCUT2D eigenvalue weighted by Crippen LogP contribution is 2.18. The van der Waals surface area contributed by atoms with Crippen LogP contribution < -0.4 is 5.32 Å². The summed E-state index contributed by atoms with van der Waals surface area (Å²) in [6, 6.07) is 12.1.